The average Bonchev–Trinajstić information content (AvgIpc) is 2.15. The maximum Gasteiger partial charge on any atom is 0.130 e. The number of methoxy groups -OCH3 is 1. The molecule has 0 saturated heterocycles. The molecule has 0 atom stereocenters. The van der Waals surface area contributed by atoms with Gasteiger partial charge in [0.15, 0.2) is 0 Å². The second-order valence-electron chi connectivity index (χ2n) is 4.04. The van der Waals surface area contributed by atoms with E-state index in [9.17, 15) is 14.6 Å². The Morgan fingerprint density at radius 1 is 1.40 bits per heavy atom. The number of aromatic hydroxyl groups is 1. The van der Waals surface area contributed by atoms with Gasteiger partial charge in [-0.2, -0.15) is 0 Å². The summed E-state index contributed by atoms with van der Waals surface area (Å²) in [5, 5.41) is 18.8. The van der Waals surface area contributed by atoms with Gasteiger partial charge in [0.2, 0.25) is 0 Å². The summed E-state index contributed by atoms with van der Waals surface area (Å²) in [4.78, 5) is 0. The number of hydrogen-bond donors (Lipinski definition) is 2. The van der Waals surface area contributed by atoms with Crippen LogP contribution < -0.4 is 4.74 Å². The zero-order valence-corrected chi connectivity index (χ0v) is 9.04. The molecule has 0 aliphatic heterocycles. The Morgan fingerprint density at radius 2 is 2.00 bits per heavy atom. The minimum Gasteiger partial charge on any atom is -0.507 e. The molecule has 0 bridgehead atoms. The SMILES string of the molecule is COc1cc(F)cc(O)c1C(C)(C)CO. The molecule has 0 spiro atoms. The molecule has 0 unspecified atom stereocenters. The second kappa shape index (κ2) is 4.06. The molecule has 1 rings (SSSR count). The molecule has 0 aliphatic carbocycles. The van der Waals surface area contributed by atoms with Crippen molar-refractivity contribution in [3.63, 3.8) is 0 Å². The van der Waals surface area contributed by atoms with Crippen molar-refractivity contribution in [3.8, 4) is 11.5 Å². The van der Waals surface area contributed by atoms with Gasteiger partial charge in [0, 0.05) is 23.1 Å². The second-order valence-corrected chi connectivity index (χ2v) is 4.04. The van der Waals surface area contributed by atoms with E-state index in [0.29, 0.717) is 5.56 Å². The van der Waals surface area contributed by atoms with Crippen molar-refractivity contribution in [1.82, 2.24) is 0 Å². The van der Waals surface area contributed by atoms with Gasteiger partial charge >= 0.3 is 0 Å². The lowest BCUT2D eigenvalue weighted by Crippen LogP contribution is -2.23. The summed E-state index contributed by atoms with van der Waals surface area (Å²) in [5.41, 5.74) is -0.266. The van der Waals surface area contributed by atoms with E-state index in [2.05, 4.69) is 0 Å². The number of phenols is 1. The number of halogens is 1. The minimum absolute atomic E-state index is 0.164. The van der Waals surface area contributed by atoms with E-state index in [1.54, 1.807) is 13.8 Å². The molecule has 84 valence electrons. The lowest BCUT2D eigenvalue weighted by molar-refractivity contribution is 0.211. The van der Waals surface area contributed by atoms with E-state index in [1.807, 2.05) is 0 Å². The fourth-order valence-electron chi connectivity index (χ4n) is 1.49. The monoisotopic (exact) mass is 214 g/mol. The topological polar surface area (TPSA) is 49.7 Å². The molecule has 1 aromatic rings. The Balaban J connectivity index is 3.39. The number of ether oxygens (including phenoxy) is 1. The third-order valence-corrected chi connectivity index (χ3v) is 2.34. The summed E-state index contributed by atoms with van der Waals surface area (Å²) in [5.74, 6) is -0.528. The third kappa shape index (κ3) is 2.21. The Labute approximate surface area is 88.1 Å². The molecule has 0 amide bonds. The highest BCUT2D eigenvalue weighted by Crippen LogP contribution is 2.38. The van der Waals surface area contributed by atoms with Crippen LogP contribution >= 0.6 is 0 Å². The summed E-state index contributed by atoms with van der Waals surface area (Å²) < 4.78 is 18.0. The van der Waals surface area contributed by atoms with Gasteiger partial charge in [0.25, 0.3) is 0 Å². The summed E-state index contributed by atoms with van der Waals surface area (Å²) >= 11 is 0. The number of aliphatic hydroxyl groups is 1. The van der Waals surface area contributed by atoms with Gasteiger partial charge in [0.05, 0.1) is 13.7 Å². The van der Waals surface area contributed by atoms with Gasteiger partial charge < -0.3 is 14.9 Å². The molecule has 2 N–H and O–H groups in total. The standard InChI is InChI=1S/C11H15FO3/c1-11(2,6-13)10-8(14)4-7(12)5-9(10)15-3/h4-5,13-14H,6H2,1-3H3. The first kappa shape index (κ1) is 11.8. The molecule has 15 heavy (non-hydrogen) atoms. The van der Waals surface area contributed by atoms with E-state index in [4.69, 9.17) is 4.74 Å². The number of benzene rings is 1. The van der Waals surface area contributed by atoms with E-state index < -0.39 is 11.2 Å². The first-order valence-electron chi connectivity index (χ1n) is 4.60. The Morgan fingerprint density at radius 3 is 2.47 bits per heavy atom. The maximum absolute atomic E-state index is 13.0. The van der Waals surface area contributed by atoms with Crippen LogP contribution in [-0.2, 0) is 5.41 Å². The van der Waals surface area contributed by atoms with Crippen LogP contribution in [0.4, 0.5) is 4.39 Å². The van der Waals surface area contributed by atoms with Crippen LogP contribution in [0.5, 0.6) is 11.5 Å². The third-order valence-electron chi connectivity index (χ3n) is 2.34. The van der Waals surface area contributed by atoms with Crippen molar-refractivity contribution in [2.75, 3.05) is 13.7 Å². The predicted molar refractivity (Wildman–Crippen MR) is 54.7 cm³/mol. The fraction of sp³-hybridized carbons (Fsp3) is 0.455. The molecule has 0 fully saturated rings. The lowest BCUT2D eigenvalue weighted by Gasteiger charge is -2.25. The molecule has 4 heteroatoms. The summed E-state index contributed by atoms with van der Waals surface area (Å²) in [7, 11) is 1.39. The largest absolute Gasteiger partial charge is 0.507 e. The molecule has 0 saturated carbocycles. The molecule has 3 nitrogen and oxygen atoms in total. The highest BCUT2D eigenvalue weighted by molar-refractivity contribution is 5.49. The zero-order valence-electron chi connectivity index (χ0n) is 9.04. The lowest BCUT2D eigenvalue weighted by atomic mass is 9.84. The Hall–Kier alpha value is -1.29. The van der Waals surface area contributed by atoms with Crippen LogP contribution in [0.25, 0.3) is 0 Å². The van der Waals surface area contributed by atoms with Crippen LogP contribution in [0, 0.1) is 5.82 Å². The van der Waals surface area contributed by atoms with Crippen molar-refractivity contribution in [2.24, 2.45) is 0 Å². The van der Waals surface area contributed by atoms with Crippen LogP contribution in [-0.4, -0.2) is 23.9 Å². The molecule has 1 aromatic carbocycles. The van der Waals surface area contributed by atoms with E-state index >= 15 is 0 Å². The van der Waals surface area contributed by atoms with Gasteiger partial charge in [-0.3, -0.25) is 0 Å². The van der Waals surface area contributed by atoms with Crippen molar-refractivity contribution >= 4 is 0 Å². The average molecular weight is 214 g/mol. The van der Waals surface area contributed by atoms with Crippen LogP contribution in [0.15, 0.2) is 12.1 Å². The van der Waals surface area contributed by atoms with Gasteiger partial charge in [-0.15, -0.1) is 0 Å². The quantitative estimate of drug-likeness (QED) is 0.806. The molecule has 0 aromatic heterocycles. The van der Waals surface area contributed by atoms with Crippen LogP contribution in [0.3, 0.4) is 0 Å². The van der Waals surface area contributed by atoms with E-state index in [-0.39, 0.29) is 18.1 Å². The van der Waals surface area contributed by atoms with Gasteiger partial charge in [-0.25, -0.2) is 4.39 Å². The number of rotatable bonds is 3. The zero-order chi connectivity index (χ0) is 11.6. The number of hydrogen-bond acceptors (Lipinski definition) is 3. The first-order chi connectivity index (χ1) is 6.92. The highest BCUT2D eigenvalue weighted by Gasteiger charge is 2.27. The van der Waals surface area contributed by atoms with E-state index in [1.165, 1.54) is 13.2 Å². The molecule has 0 radical (unpaired) electrons. The van der Waals surface area contributed by atoms with E-state index in [0.717, 1.165) is 6.07 Å². The molecule has 0 aliphatic rings. The summed E-state index contributed by atoms with van der Waals surface area (Å²) in [6.45, 7) is 3.31. The van der Waals surface area contributed by atoms with Crippen molar-refractivity contribution < 1.29 is 19.3 Å². The molecule has 0 heterocycles. The fourth-order valence-corrected chi connectivity index (χ4v) is 1.49. The maximum atomic E-state index is 13.0. The number of phenolic OH excluding ortho intramolecular Hbond substituents is 1. The van der Waals surface area contributed by atoms with Crippen molar-refractivity contribution in [3.05, 3.63) is 23.5 Å². The van der Waals surface area contributed by atoms with Crippen molar-refractivity contribution in [1.29, 1.82) is 0 Å². The van der Waals surface area contributed by atoms with Gasteiger partial charge in [-0.1, -0.05) is 13.8 Å². The summed E-state index contributed by atoms with van der Waals surface area (Å²) in [6, 6.07) is 2.20. The van der Waals surface area contributed by atoms with Crippen LogP contribution in [0.2, 0.25) is 0 Å². The summed E-state index contributed by atoms with van der Waals surface area (Å²) in [6.07, 6.45) is 0. The highest BCUT2D eigenvalue weighted by atomic mass is 19.1. The Kier molecular flexibility index (Phi) is 3.19. The van der Waals surface area contributed by atoms with Crippen molar-refractivity contribution in [2.45, 2.75) is 19.3 Å². The Bertz CT molecular complexity index is 361. The molecular formula is C11H15FO3. The smallest absolute Gasteiger partial charge is 0.130 e. The van der Waals surface area contributed by atoms with Crippen LogP contribution in [0.1, 0.15) is 19.4 Å². The first-order valence-corrected chi connectivity index (χ1v) is 4.60. The predicted octanol–water partition coefficient (Wildman–Crippen LogP) is 1.81. The number of aliphatic hydroxyl groups excluding tert-OH is 1. The molecular weight excluding hydrogens is 199 g/mol. The minimum atomic E-state index is -0.677. The van der Waals surface area contributed by atoms with Gasteiger partial charge in [-0.05, 0) is 0 Å². The van der Waals surface area contributed by atoms with Gasteiger partial charge in [0.1, 0.15) is 17.3 Å². The normalized spacial score (nSPS) is 11.5.